The van der Waals surface area contributed by atoms with E-state index < -0.39 is 11.4 Å². The number of hydrogen-bond acceptors (Lipinski definition) is 3. The molecule has 0 saturated carbocycles. The number of ether oxygens (including phenoxy) is 2. The Bertz CT molecular complexity index is 449. The number of benzene rings is 1. The van der Waals surface area contributed by atoms with Gasteiger partial charge in [0.05, 0.1) is 19.6 Å². The lowest BCUT2D eigenvalue weighted by molar-refractivity contribution is -0.146. The van der Waals surface area contributed by atoms with Crippen LogP contribution in [0.25, 0.3) is 0 Å². The molecule has 0 aliphatic heterocycles. The molecule has 0 bridgehead atoms. The van der Waals surface area contributed by atoms with Crippen molar-refractivity contribution in [2.24, 2.45) is 5.41 Å². The van der Waals surface area contributed by atoms with Gasteiger partial charge in [-0.15, -0.1) is 0 Å². The summed E-state index contributed by atoms with van der Waals surface area (Å²) in [4.78, 5) is 11.2. The molecule has 0 aliphatic rings. The van der Waals surface area contributed by atoms with E-state index in [0.29, 0.717) is 17.9 Å². The highest BCUT2D eigenvalue weighted by Gasteiger charge is 2.30. The van der Waals surface area contributed by atoms with Crippen molar-refractivity contribution in [2.75, 3.05) is 14.2 Å². The van der Waals surface area contributed by atoms with Crippen LogP contribution in [0, 0.1) is 12.3 Å². The zero-order valence-corrected chi connectivity index (χ0v) is 11.5. The topological polar surface area (TPSA) is 55.8 Å². The number of methoxy groups -OCH3 is 2. The van der Waals surface area contributed by atoms with E-state index in [2.05, 4.69) is 0 Å². The summed E-state index contributed by atoms with van der Waals surface area (Å²) in [5.41, 5.74) is 0.899. The molecule has 0 saturated heterocycles. The molecule has 1 rings (SSSR count). The molecule has 0 spiro atoms. The Morgan fingerprint density at radius 1 is 1.28 bits per heavy atom. The van der Waals surface area contributed by atoms with Crippen molar-refractivity contribution in [1.29, 1.82) is 0 Å². The highest BCUT2D eigenvalue weighted by Crippen LogP contribution is 2.36. The maximum absolute atomic E-state index is 11.2. The molecule has 1 aromatic carbocycles. The summed E-state index contributed by atoms with van der Waals surface area (Å²) in [6, 6.07) is 3.74. The average molecular weight is 252 g/mol. The third-order valence-electron chi connectivity index (χ3n) is 3.04. The number of carboxylic acid groups (broad SMARTS) is 1. The molecule has 4 nitrogen and oxygen atoms in total. The van der Waals surface area contributed by atoms with Crippen molar-refractivity contribution in [3.05, 3.63) is 23.3 Å². The van der Waals surface area contributed by atoms with E-state index in [4.69, 9.17) is 9.47 Å². The summed E-state index contributed by atoms with van der Waals surface area (Å²) in [6.07, 6.45) is 0.357. The minimum Gasteiger partial charge on any atom is -0.496 e. The molecule has 0 atom stereocenters. The summed E-state index contributed by atoms with van der Waals surface area (Å²) < 4.78 is 10.7. The van der Waals surface area contributed by atoms with Crippen LogP contribution in [0.4, 0.5) is 0 Å². The monoisotopic (exact) mass is 252 g/mol. The molecule has 1 N–H and O–H groups in total. The summed E-state index contributed by atoms with van der Waals surface area (Å²) in [7, 11) is 3.15. The van der Waals surface area contributed by atoms with Crippen molar-refractivity contribution in [3.63, 3.8) is 0 Å². The normalized spacial score (nSPS) is 11.2. The van der Waals surface area contributed by atoms with E-state index in [9.17, 15) is 9.90 Å². The van der Waals surface area contributed by atoms with Gasteiger partial charge in [0.25, 0.3) is 0 Å². The quantitative estimate of drug-likeness (QED) is 0.875. The van der Waals surface area contributed by atoms with Crippen LogP contribution < -0.4 is 9.47 Å². The van der Waals surface area contributed by atoms with E-state index >= 15 is 0 Å². The van der Waals surface area contributed by atoms with Gasteiger partial charge in [-0.25, -0.2) is 0 Å². The van der Waals surface area contributed by atoms with Crippen molar-refractivity contribution < 1.29 is 19.4 Å². The highest BCUT2D eigenvalue weighted by atomic mass is 16.5. The molecular formula is C14H20O4. The van der Waals surface area contributed by atoms with Gasteiger partial charge in [0.2, 0.25) is 0 Å². The fourth-order valence-corrected chi connectivity index (χ4v) is 1.89. The summed E-state index contributed by atoms with van der Waals surface area (Å²) in [5.74, 6) is 0.517. The number of rotatable bonds is 5. The lowest BCUT2D eigenvalue weighted by Gasteiger charge is -2.23. The predicted molar refractivity (Wildman–Crippen MR) is 69.4 cm³/mol. The molecule has 0 amide bonds. The van der Waals surface area contributed by atoms with Gasteiger partial charge in [0.15, 0.2) is 0 Å². The Morgan fingerprint density at radius 2 is 1.89 bits per heavy atom. The Morgan fingerprint density at radius 3 is 2.33 bits per heavy atom. The van der Waals surface area contributed by atoms with Crippen molar-refractivity contribution in [3.8, 4) is 11.5 Å². The average Bonchev–Trinajstić information content (AvgIpc) is 2.29. The molecule has 1 aromatic rings. The predicted octanol–water partition coefficient (Wildman–Crippen LogP) is 2.67. The van der Waals surface area contributed by atoms with Crippen LogP contribution in [-0.2, 0) is 11.2 Å². The Hall–Kier alpha value is -1.71. The van der Waals surface area contributed by atoms with Gasteiger partial charge in [0, 0.05) is 5.56 Å². The number of carbonyl (C=O) groups is 1. The van der Waals surface area contributed by atoms with Gasteiger partial charge in [0.1, 0.15) is 11.5 Å². The third-order valence-corrected chi connectivity index (χ3v) is 3.04. The maximum Gasteiger partial charge on any atom is 0.309 e. The first kappa shape index (κ1) is 14.4. The van der Waals surface area contributed by atoms with Crippen LogP contribution in [0.2, 0.25) is 0 Å². The second kappa shape index (κ2) is 5.29. The Kier molecular flexibility index (Phi) is 4.22. The van der Waals surface area contributed by atoms with Gasteiger partial charge < -0.3 is 14.6 Å². The van der Waals surface area contributed by atoms with Crippen LogP contribution in [0.15, 0.2) is 12.1 Å². The van der Waals surface area contributed by atoms with E-state index in [1.165, 1.54) is 0 Å². The molecule has 0 unspecified atom stereocenters. The van der Waals surface area contributed by atoms with E-state index in [1.54, 1.807) is 28.1 Å². The van der Waals surface area contributed by atoms with E-state index in [1.807, 2.05) is 19.1 Å². The molecule has 0 radical (unpaired) electrons. The fourth-order valence-electron chi connectivity index (χ4n) is 1.89. The maximum atomic E-state index is 11.2. The van der Waals surface area contributed by atoms with Gasteiger partial charge in [-0.1, -0.05) is 6.07 Å². The third kappa shape index (κ3) is 2.75. The number of aliphatic carboxylic acids is 1. The molecule has 4 heteroatoms. The SMILES string of the molecule is COc1ccc(C)c(OC)c1CC(C)(C)C(=O)O. The second-order valence-corrected chi connectivity index (χ2v) is 4.96. The molecule has 0 aromatic heterocycles. The van der Waals surface area contributed by atoms with E-state index in [-0.39, 0.29) is 0 Å². The first-order valence-electron chi connectivity index (χ1n) is 5.77. The highest BCUT2D eigenvalue weighted by molar-refractivity contribution is 5.74. The zero-order chi connectivity index (χ0) is 13.9. The zero-order valence-electron chi connectivity index (χ0n) is 11.5. The van der Waals surface area contributed by atoms with Gasteiger partial charge in [-0.3, -0.25) is 4.79 Å². The minimum absolute atomic E-state index is 0.357. The van der Waals surface area contributed by atoms with Crippen LogP contribution in [0.3, 0.4) is 0 Å². The van der Waals surface area contributed by atoms with E-state index in [0.717, 1.165) is 11.1 Å². The van der Waals surface area contributed by atoms with Gasteiger partial charge in [-0.2, -0.15) is 0 Å². The number of carboxylic acids is 1. The van der Waals surface area contributed by atoms with Crippen molar-refractivity contribution in [1.82, 2.24) is 0 Å². The first-order chi connectivity index (χ1) is 8.33. The molecule has 18 heavy (non-hydrogen) atoms. The van der Waals surface area contributed by atoms with Crippen molar-refractivity contribution in [2.45, 2.75) is 27.2 Å². The number of aryl methyl sites for hydroxylation is 1. The second-order valence-electron chi connectivity index (χ2n) is 4.96. The van der Waals surface area contributed by atoms with Gasteiger partial charge >= 0.3 is 5.97 Å². The van der Waals surface area contributed by atoms with Crippen LogP contribution >= 0.6 is 0 Å². The molecule has 100 valence electrons. The first-order valence-corrected chi connectivity index (χ1v) is 5.77. The Balaban J connectivity index is 3.29. The molecule has 0 fully saturated rings. The van der Waals surface area contributed by atoms with Crippen LogP contribution in [0.1, 0.15) is 25.0 Å². The van der Waals surface area contributed by atoms with Crippen molar-refractivity contribution >= 4 is 5.97 Å². The van der Waals surface area contributed by atoms with Gasteiger partial charge in [-0.05, 0) is 38.8 Å². The smallest absolute Gasteiger partial charge is 0.309 e. The largest absolute Gasteiger partial charge is 0.496 e. The summed E-state index contributed by atoms with van der Waals surface area (Å²) in [5, 5.41) is 9.22. The lowest BCUT2D eigenvalue weighted by atomic mass is 9.84. The molecule has 0 aliphatic carbocycles. The summed E-state index contributed by atoms with van der Waals surface area (Å²) in [6.45, 7) is 5.31. The van der Waals surface area contributed by atoms with Crippen LogP contribution in [0.5, 0.6) is 11.5 Å². The number of hydrogen-bond donors (Lipinski definition) is 1. The Labute approximate surface area is 108 Å². The fraction of sp³-hybridized carbons (Fsp3) is 0.500. The standard InChI is InChI=1S/C14H20O4/c1-9-6-7-11(17-4)10(12(9)18-5)8-14(2,3)13(15)16/h6-7H,8H2,1-5H3,(H,15,16). The molecular weight excluding hydrogens is 232 g/mol. The summed E-state index contributed by atoms with van der Waals surface area (Å²) >= 11 is 0. The minimum atomic E-state index is -0.867. The molecule has 0 heterocycles. The van der Waals surface area contributed by atoms with Crippen LogP contribution in [-0.4, -0.2) is 25.3 Å². The lowest BCUT2D eigenvalue weighted by Crippen LogP contribution is -2.26.